The predicted octanol–water partition coefficient (Wildman–Crippen LogP) is 4.50. The van der Waals surface area contributed by atoms with E-state index in [9.17, 15) is 19.3 Å². The minimum Gasteiger partial charge on any atom is -0.267 e. The zero-order chi connectivity index (χ0) is 21.8. The first-order valence-corrected chi connectivity index (χ1v) is 9.26. The van der Waals surface area contributed by atoms with Crippen molar-refractivity contribution in [1.82, 2.24) is 9.66 Å². The number of fused-ring (bicyclic) bond motifs is 1. The van der Waals surface area contributed by atoms with Gasteiger partial charge in [0.1, 0.15) is 5.82 Å². The molecular formula is C23H15FN4O3. The summed E-state index contributed by atoms with van der Waals surface area (Å²) in [6.45, 7) is 0. The molecule has 1 aromatic heterocycles. The van der Waals surface area contributed by atoms with Crippen LogP contribution in [0.25, 0.3) is 23.1 Å². The third-order valence-electron chi connectivity index (χ3n) is 4.53. The van der Waals surface area contributed by atoms with Crippen LogP contribution in [0.5, 0.6) is 0 Å². The fourth-order valence-electron chi connectivity index (χ4n) is 2.94. The van der Waals surface area contributed by atoms with Gasteiger partial charge in [-0.15, -0.1) is 0 Å². The second kappa shape index (κ2) is 8.50. The average Bonchev–Trinajstić information content (AvgIpc) is 2.78. The van der Waals surface area contributed by atoms with Crippen LogP contribution in [0.2, 0.25) is 0 Å². The van der Waals surface area contributed by atoms with E-state index in [4.69, 9.17) is 0 Å². The molecule has 0 aliphatic carbocycles. The third kappa shape index (κ3) is 4.27. The van der Waals surface area contributed by atoms with Crippen LogP contribution in [0.4, 0.5) is 10.1 Å². The molecule has 8 heteroatoms. The van der Waals surface area contributed by atoms with E-state index >= 15 is 0 Å². The molecular weight excluding hydrogens is 399 g/mol. The van der Waals surface area contributed by atoms with Crippen molar-refractivity contribution in [2.45, 2.75) is 0 Å². The molecule has 0 atom stereocenters. The highest BCUT2D eigenvalue weighted by Crippen LogP contribution is 2.15. The van der Waals surface area contributed by atoms with Gasteiger partial charge in [0, 0.05) is 17.7 Å². The van der Waals surface area contributed by atoms with Crippen molar-refractivity contribution in [3.63, 3.8) is 0 Å². The number of rotatable bonds is 5. The molecule has 4 rings (SSSR count). The molecule has 0 bridgehead atoms. The van der Waals surface area contributed by atoms with E-state index in [0.29, 0.717) is 16.5 Å². The lowest BCUT2D eigenvalue weighted by Crippen LogP contribution is -2.20. The Kier molecular flexibility index (Phi) is 5.44. The molecule has 4 aromatic rings. The van der Waals surface area contributed by atoms with Crippen LogP contribution in [0.15, 0.2) is 82.7 Å². The van der Waals surface area contributed by atoms with Crippen molar-refractivity contribution in [3.8, 4) is 0 Å². The highest BCUT2D eigenvalue weighted by atomic mass is 19.1. The molecule has 0 fully saturated rings. The second-order valence-electron chi connectivity index (χ2n) is 6.55. The van der Waals surface area contributed by atoms with Crippen molar-refractivity contribution in [2.75, 3.05) is 0 Å². The Hall–Kier alpha value is -4.46. The first-order valence-electron chi connectivity index (χ1n) is 9.26. The monoisotopic (exact) mass is 414 g/mol. The molecule has 152 valence electrons. The summed E-state index contributed by atoms with van der Waals surface area (Å²) in [5.41, 5.74) is 0.979. The van der Waals surface area contributed by atoms with Crippen molar-refractivity contribution >= 4 is 35.0 Å². The Balaban J connectivity index is 1.79. The summed E-state index contributed by atoms with van der Waals surface area (Å²) in [6.07, 6.45) is 4.50. The van der Waals surface area contributed by atoms with Gasteiger partial charge in [-0.25, -0.2) is 9.37 Å². The van der Waals surface area contributed by atoms with Gasteiger partial charge in [-0.3, -0.25) is 14.9 Å². The summed E-state index contributed by atoms with van der Waals surface area (Å²) >= 11 is 0. The van der Waals surface area contributed by atoms with E-state index in [-0.39, 0.29) is 17.1 Å². The van der Waals surface area contributed by atoms with Crippen LogP contribution in [0, 0.1) is 15.9 Å². The van der Waals surface area contributed by atoms with Crippen LogP contribution in [-0.4, -0.2) is 20.8 Å². The highest BCUT2D eigenvalue weighted by molar-refractivity contribution is 5.81. The van der Waals surface area contributed by atoms with Gasteiger partial charge in [-0.05, 0) is 42.0 Å². The zero-order valence-electron chi connectivity index (χ0n) is 16.1. The maximum Gasteiger partial charge on any atom is 0.282 e. The molecule has 0 saturated heterocycles. The standard InChI is InChI=1S/C23H15FN4O3/c24-20-7-3-1-5-17(20)15-25-27-22(26-21-8-4-2-6-19(21)23(27)29)14-11-16-9-12-18(13-10-16)28(30)31/h1-15H/b14-11-,25-15-. The summed E-state index contributed by atoms with van der Waals surface area (Å²) in [4.78, 5) is 27.8. The molecule has 0 aliphatic heterocycles. The SMILES string of the molecule is O=c1c2ccccc2nc(/C=C\c2ccc([N+](=O)[O-])cc2)n1/N=C\c1ccccc1F. The molecule has 0 spiro atoms. The molecule has 0 unspecified atom stereocenters. The Bertz CT molecular complexity index is 1390. The van der Waals surface area contributed by atoms with Crippen molar-refractivity contribution in [1.29, 1.82) is 0 Å². The number of aromatic nitrogens is 2. The number of nitro benzene ring substituents is 1. The Labute approximate surface area is 175 Å². The Morgan fingerprint density at radius 3 is 2.42 bits per heavy atom. The minimum absolute atomic E-state index is 0.0209. The van der Waals surface area contributed by atoms with Gasteiger partial charge in [-0.1, -0.05) is 36.4 Å². The van der Waals surface area contributed by atoms with Gasteiger partial charge in [0.25, 0.3) is 11.2 Å². The largest absolute Gasteiger partial charge is 0.282 e. The zero-order valence-corrected chi connectivity index (χ0v) is 16.1. The van der Waals surface area contributed by atoms with E-state index in [0.717, 1.165) is 4.68 Å². The maximum absolute atomic E-state index is 13.9. The number of benzene rings is 3. The molecule has 3 aromatic carbocycles. The number of nitro groups is 1. The molecule has 0 N–H and O–H groups in total. The minimum atomic E-state index is -0.479. The van der Waals surface area contributed by atoms with Gasteiger partial charge in [-0.2, -0.15) is 9.78 Å². The van der Waals surface area contributed by atoms with Crippen LogP contribution < -0.4 is 5.56 Å². The lowest BCUT2D eigenvalue weighted by molar-refractivity contribution is -0.384. The quantitative estimate of drug-likeness (QED) is 0.273. The van der Waals surface area contributed by atoms with Gasteiger partial charge < -0.3 is 0 Å². The Morgan fingerprint density at radius 2 is 1.68 bits per heavy atom. The molecule has 1 heterocycles. The first kappa shape index (κ1) is 19.8. The third-order valence-corrected chi connectivity index (χ3v) is 4.53. The first-order chi connectivity index (χ1) is 15.0. The van der Waals surface area contributed by atoms with Gasteiger partial charge in [0.2, 0.25) is 0 Å². The van der Waals surface area contributed by atoms with Gasteiger partial charge in [0.05, 0.1) is 22.0 Å². The van der Waals surface area contributed by atoms with Crippen molar-refractivity contribution in [3.05, 3.63) is 116 Å². The summed E-state index contributed by atoms with van der Waals surface area (Å²) in [5.74, 6) is -0.231. The topological polar surface area (TPSA) is 90.4 Å². The second-order valence-corrected chi connectivity index (χ2v) is 6.55. The van der Waals surface area contributed by atoms with Crippen LogP contribution in [0.3, 0.4) is 0 Å². The molecule has 0 amide bonds. The average molecular weight is 414 g/mol. The van der Waals surface area contributed by atoms with E-state index in [2.05, 4.69) is 10.1 Å². The molecule has 31 heavy (non-hydrogen) atoms. The number of halogens is 1. The summed E-state index contributed by atoms with van der Waals surface area (Å²) < 4.78 is 15.0. The Morgan fingerprint density at radius 1 is 0.968 bits per heavy atom. The highest BCUT2D eigenvalue weighted by Gasteiger charge is 2.09. The number of non-ortho nitro benzene ring substituents is 1. The van der Waals surface area contributed by atoms with Crippen molar-refractivity contribution < 1.29 is 9.31 Å². The molecule has 0 radical (unpaired) electrons. The summed E-state index contributed by atoms with van der Waals surface area (Å²) in [6, 6.07) is 18.9. The maximum atomic E-state index is 13.9. The van der Waals surface area contributed by atoms with Crippen molar-refractivity contribution in [2.24, 2.45) is 5.10 Å². The van der Waals surface area contributed by atoms with Crippen LogP contribution in [-0.2, 0) is 0 Å². The molecule has 0 aliphatic rings. The lowest BCUT2D eigenvalue weighted by Gasteiger charge is -2.06. The number of hydrogen-bond donors (Lipinski definition) is 0. The van der Waals surface area contributed by atoms with E-state index in [1.165, 1.54) is 24.4 Å². The van der Waals surface area contributed by atoms with Gasteiger partial charge >= 0.3 is 0 Å². The van der Waals surface area contributed by atoms with E-state index < -0.39 is 16.3 Å². The smallest absolute Gasteiger partial charge is 0.267 e. The van der Waals surface area contributed by atoms with E-state index in [1.807, 2.05) is 0 Å². The summed E-state index contributed by atoms with van der Waals surface area (Å²) in [7, 11) is 0. The number of hydrogen-bond acceptors (Lipinski definition) is 5. The fraction of sp³-hybridized carbons (Fsp3) is 0. The fourth-order valence-corrected chi connectivity index (χ4v) is 2.94. The van der Waals surface area contributed by atoms with Crippen LogP contribution >= 0.6 is 0 Å². The lowest BCUT2D eigenvalue weighted by atomic mass is 10.2. The molecule has 7 nitrogen and oxygen atoms in total. The summed E-state index contributed by atoms with van der Waals surface area (Å²) in [5, 5.41) is 15.4. The van der Waals surface area contributed by atoms with Gasteiger partial charge in [0.15, 0.2) is 5.82 Å². The molecule has 0 saturated carbocycles. The number of para-hydroxylation sites is 1. The number of nitrogens with zero attached hydrogens (tertiary/aromatic N) is 4. The predicted molar refractivity (Wildman–Crippen MR) is 117 cm³/mol. The van der Waals surface area contributed by atoms with Crippen LogP contribution in [0.1, 0.15) is 17.0 Å². The van der Waals surface area contributed by atoms with E-state index in [1.54, 1.807) is 66.7 Å². The normalized spacial score (nSPS) is 11.5.